The molecule has 3 aromatic rings. The summed E-state index contributed by atoms with van der Waals surface area (Å²) in [6, 6.07) is 11.5. The fourth-order valence-electron chi connectivity index (χ4n) is 2.97. The minimum absolute atomic E-state index is 0.0592. The number of thioether (sulfide) groups is 1. The maximum atomic E-state index is 12.8. The van der Waals surface area contributed by atoms with Gasteiger partial charge in [-0.25, -0.2) is 0 Å². The average Bonchev–Trinajstić information content (AvgIpc) is 3.25. The van der Waals surface area contributed by atoms with Crippen LogP contribution in [-0.2, 0) is 12.8 Å². The number of rotatable bonds is 9. The van der Waals surface area contributed by atoms with Crippen LogP contribution >= 0.6 is 11.8 Å². The van der Waals surface area contributed by atoms with Crippen molar-refractivity contribution >= 4 is 17.5 Å². The zero-order valence-electron chi connectivity index (χ0n) is 17.0. The third-order valence-corrected chi connectivity index (χ3v) is 5.45. The lowest BCUT2D eigenvalue weighted by atomic mass is 9.98. The second-order valence-electron chi connectivity index (χ2n) is 6.35. The lowest BCUT2D eigenvalue weighted by Gasteiger charge is -2.08. The summed E-state index contributed by atoms with van der Waals surface area (Å²) in [5.74, 6) is 1.88. The predicted octanol–water partition coefficient (Wildman–Crippen LogP) is 4.85. The largest absolute Gasteiger partial charge is 0.497 e. The van der Waals surface area contributed by atoms with Crippen molar-refractivity contribution in [2.24, 2.45) is 0 Å². The van der Waals surface area contributed by atoms with E-state index in [1.165, 1.54) is 11.8 Å². The zero-order valence-corrected chi connectivity index (χ0v) is 17.8. The Morgan fingerprint density at radius 1 is 1.03 bits per heavy atom. The van der Waals surface area contributed by atoms with E-state index in [2.05, 4.69) is 30.1 Å². The highest BCUT2D eigenvalue weighted by molar-refractivity contribution is 7.99. The molecule has 7 heteroatoms. The molecule has 0 amide bonds. The van der Waals surface area contributed by atoms with Crippen molar-refractivity contribution in [3.63, 3.8) is 0 Å². The standard InChI is InChI=1S/C22H24N2O4S/c1-5-14-7-8-15(6-2)18(11-14)19(25)13-29-22-24-23-21(28-22)17-10-9-16(26-3)12-20(17)27-4/h7-12H,5-6,13H2,1-4H3. The molecule has 1 aromatic heterocycles. The second-order valence-corrected chi connectivity index (χ2v) is 7.28. The number of carbonyl (C=O) groups is 1. The van der Waals surface area contributed by atoms with E-state index in [-0.39, 0.29) is 11.5 Å². The van der Waals surface area contributed by atoms with Crippen LogP contribution in [0.25, 0.3) is 11.5 Å². The van der Waals surface area contributed by atoms with Crippen LogP contribution in [0.4, 0.5) is 0 Å². The van der Waals surface area contributed by atoms with Crippen molar-refractivity contribution in [2.45, 2.75) is 31.9 Å². The van der Waals surface area contributed by atoms with Crippen LogP contribution in [0.1, 0.15) is 35.3 Å². The molecular weight excluding hydrogens is 388 g/mol. The lowest BCUT2D eigenvalue weighted by molar-refractivity contribution is 0.102. The van der Waals surface area contributed by atoms with Crippen LogP contribution in [0.15, 0.2) is 46.0 Å². The van der Waals surface area contributed by atoms with Gasteiger partial charge in [0.2, 0.25) is 0 Å². The van der Waals surface area contributed by atoms with Gasteiger partial charge in [-0.2, -0.15) is 0 Å². The molecule has 0 aliphatic rings. The average molecular weight is 413 g/mol. The highest BCUT2D eigenvalue weighted by atomic mass is 32.2. The number of nitrogens with zero attached hydrogens (tertiary/aromatic N) is 2. The van der Waals surface area contributed by atoms with Crippen molar-refractivity contribution in [3.8, 4) is 23.0 Å². The van der Waals surface area contributed by atoms with E-state index in [4.69, 9.17) is 13.9 Å². The van der Waals surface area contributed by atoms with Gasteiger partial charge in [0.05, 0.1) is 25.5 Å². The zero-order chi connectivity index (χ0) is 20.8. The third-order valence-electron chi connectivity index (χ3n) is 4.64. The number of ether oxygens (including phenoxy) is 2. The number of hydrogen-bond donors (Lipinski definition) is 0. The van der Waals surface area contributed by atoms with E-state index >= 15 is 0 Å². The maximum Gasteiger partial charge on any atom is 0.277 e. The Labute approximate surface area is 174 Å². The molecule has 2 aromatic carbocycles. The highest BCUT2D eigenvalue weighted by Crippen LogP contribution is 2.33. The Hall–Kier alpha value is -2.80. The number of aryl methyl sites for hydroxylation is 2. The quantitative estimate of drug-likeness (QED) is 0.367. The van der Waals surface area contributed by atoms with E-state index in [0.717, 1.165) is 29.5 Å². The summed E-state index contributed by atoms with van der Waals surface area (Å²) in [4.78, 5) is 12.8. The first-order valence-electron chi connectivity index (χ1n) is 9.43. The molecule has 0 aliphatic heterocycles. The minimum atomic E-state index is 0.0592. The molecule has 29 heavy (non-hydrogen) atoms. The highest BCUT2D eigenvalue weighted by Gasteiger charge is 2.17. The molecule has 0 radical (unpaired) electrons. The molecule has 6 nitrogen and oxygen atoms in total. The molecule has 3 rings (SSSR count). The molecular formula is C22H24N2O4S. The molecule has 0 spiro atoms. The van der Waals surface area contributed by atoms with Crippen molar-refractivity contribution in [1.82, 2.24) is 10.2 Å². The summed E-state index contributed by atoms with van der Waals surface area (Å²) in [5.41, 5.74) is 3.66. The van der Waals surface area contributed by atoms with Crippen molar-refractivity contribution in [3.05, 3.63) is 53.1 Å². The van der Waals surface area contributed by atoms with Crippen molar-refractivity contribution in [2.75, 3.05) is 20.0 Å². The summed E-state index contributed by atoms with van der Waals surface area (Å²) in [5, 5.41) is 8.50. The lowest BCUT2D eigenvalue weighted by Crippen LogP contribution is -2.07. The molecule has 0 unspecified atom stereocenters. The summed E-state index contributed by atoms with van der Waals surface area (Å²) in [6.45, 7) is 4.13. The summed E-state index contributed by atoms with van der Waals surface area (Å²) in [6.07, 6.45) is 1.71. The number of carbonyl (C=O) groups excluding carboxylic acids is 1. The number of hydrogen-bond acceptors (Lipinski definition) is 7. The molecule has 0 saturated carbocycles. The van der Waals surface area contributed by atoms with E-state index < -0.39 is 0 Å². The Bertz CT molecular complexity index is 1000. The van der Waals surface area contributed by atoms with Gasteiger partial charge < -0.3 is 13.9 Å². The molecule has 0 fully saturated rings. The Kier molecular flexibility index (Phi) is 6.93. The first-order chi connectivity index (χ1) is 14.1. The molecule has 0 N–H and O–H groups in total. The number of methoxy groups -OCH3 is 2. The normalized spacial score (nSPS) is 10.8. The van der Waals surface area contributed by atoms with Crippen LogP contribution in [0, 0.1) is 0 Å². The number of aromatic nitrogens is 2. The van der Waals surface area contributed by atoms with Crippen LogP contribution in [0.2, 0.25) is 0 Å². The van der Waals surface area contributed by atoms with Gasteiger partial charge in [0, 0.05) is 11.6 Å². The van der Waals surface area contributed by atoms with Gasteiger partial charge in [0.25, 0.3) is 11.1 Å². The fraction of sp³-hybridized carbons (Fsp3) is 0.318. The summed E-state index contributed by atoms with van der Waals surface area (Å²) < 4.78 is 16.3. The molecule has 152 valence electrons. The van der Waals surface area contributed by atoms with Gasteiger partial charge in [-0.15, -0.1) is 10.2 Å². The summed E-state index contributed by atoms with van der Waals surface area (Å²) in [7, 11) is 3.16. The Morgan fingerprint density at radius 3 is 2.55 bits per heavy atom. The Balaban J connectivity index is 1.74. The van der Waals surface area contributed by atoms with E-state index in [9.17, 15) is 4.79 Å². The molecule has 0 bridgehead atoms. The fourth-order valence-corrected chi connectivity index (χ4v) is 3.62. The predicted molar refractivity (Wildman–Crippen MR) is 113 cm³/mol. The van der Waals surface area contributed by atoms with Crippen LogP contribution < -0.4 is 9.47 Å². The second kappa shape index (κ2) is 9.60. The SMILES string of the molecule is CCc1ccc(CC)c(C(=O)CSc2nnc(-c3ccc(OC)cc3OC)o2)c1. The number of ketones is 1. The van der Waals surface area contributed by atoms with Gasteiger partial charge in [-0.1, -0.05) is 37.7 Å². The van der Waals surface area contributed by atoms with Gasteiger partial charge in [0.1, 0.15) is 11.5 Å². The van der Waals surface area contributed by atoms with Crippen molar-refractivity contribution in [1.29, 1.82) is 0 Å². The van der Waals surface area contributed by atoms with Crippen molar-refractivity contribution < 1.29 is 18.7 Å². The van der Waals surface area contributed by atoms with Gasteiger partial charge in [-0.3, -0.25) is 4.79 Å². The number of Topliss-reactive ketones (excluding diaryl/α,β-unsaturated/α-hetero) is 1. The maximum absolute atomic E-state index is 12.8. The Morgan fingerprint density at radius 2 is 1.86 bits per heavy atom. The molecule has 0 saturated heterocycles. The first kappa shape index (κ1) is 20.9. The van der Waals surface area contributed by atoms with Gasteiger partial charge in [-0.05, 0) is 42.2 Å². The minimum Gasteiger partial charge on any atom is -0.497 e. The third kappa shape index (κ3) is 4.79. The van der Waals surface area contributed by atoms with Crippen LogP contribution in [0.5, 0.6) is 11.5 Å². The molecule has 0 aliphatic carbocycles. The van der Waals surface area contributed by atoms with E-state index in [0.29, 0.717) is 28.2 Å². The monoisotopic (exact) mass is 412 g/mol. The van der Waals surface area contributed by atoms with Gasteiger partial charge >= 0.3 is 0 Å². The van der Waals surface area contributed by atoms with Gasteiger partial charge in [0.15, 0.2) is 5.78 Å². The topological polar surface area (TPSA) is 74.5 Å². The number of benzene rings is 2. The molecule has 1 heterocycles. The summed E-state index contributed by atoms with van der Waals surface area (Å²) >= 11 is 1.24. The van der Waals surface area contributed by atoms with Crippen LogP contribution in [-0.4, -0.2) is 36.0 Å². The van der Waals surface area contributed by atoms with Crippen LogP contribution in [0.3, 0.4) is 0 Å². The smallest absolute Gasteiger partial charge is 0.277 e. The first-order valence-corrected chi connectivity index (χ1v) is 10.4. The van der Waals surface area contributed by atoms with E-state index in [1.807, 2.05) is 12.1 Å². The van der Waals surface area contributed by atoms with E-state index in [1.54, 1.807) is 32.4 Å². The molecule has 0 atom stereocenters.